The van der Waals surface area contributed by atoms with Gasteiger partial charge in [-0.1, -0.05) is 58.3 Å². The summed E-state index contributed by atoms with van der Waals surface area (Å²) in [6, 6.07) is 0.948. The second kappa shape index (κ2) is 13.2. The lowest BCUT2D eigenvalue weighted by molar-refractivity contribution is -0.910. The van der Waals surface area contributed by atoms with Crippen molar-refractivity contribution in [2.45, 2.75) is 96.9 Å². The number of halogens is 1. The molecule has 116 valence electrons. The average molecular weight is 290 g/mol. The molecule has 2 unspecified atom stereocenters. The molecule has 2 heteroatoms. The highest BCUT2D eigenvalue weighted by atomic mass is 35.5. The molecule has 0 radical (unpaired) electrons. The Kier molecular flexibility index (Phi) is 13.4. The van der Waals surface area contributed by atoms with Crippen LogP contribution in [0.1, 0.15) is 90.9 Å². The standard InChI is InChI=1S/C17H35N.ClH/c1-3-4-5-6-7-8-9-10-11-12-15-18-16-13-14-17(18)2;/h17H,3-16H2,1-2H3;1H. The van der Waals surface area contributed by atoms with Crippen LogP contribution >= 0.6 is 0 Å². The van der Waals surface area contributed by atoms with E-state index in [0.29, 0.717) is 0 Å². The molecule has 1 N–H and O–H groups in total. The van der Waals surface area contributed by atoms with E-state index in [9.17, 15) is 0 Å². The highest BCUT2D eigenvalue weighted by Crippen LogP contribution is 2.10. The molecule has 1 aliphatic heterocycles. The van der Waals surface area contributed by atoms with Crippen molar-refractivity contribution in [3.8, 4) is 0 Å². The summed E-state index contributed by atoms with van der Waals surface area (Å²) < 4.78 is 0. The Balaban J connectivity index is 0.00000324. The van der Waals surface area contributed by atoms with Crippen molar-refractivity contribution in [1.82, 2.24) is 0 Å². The van der Waals surface area contributed by atoms with Gasteiger partial charge in [0.2, 0.25) is 0 Å². The molecule has 0 saturated carbocycles. The third-order valence-corrected chi connectivity index (χ3v) is 4.68. The van der Waals surface area contributed by atoms with Crippen LogP contribution in [0.25, 0.3) is 0 Å². The van der Waals surface area contributed by atoms with E-state index in [1.165, 1.54) is 90.1 Å². The van der Waals surface area contributed by atoms with Crippen molar-refractivity contribution in [1.29, 1.82) is 0 Å². The van der Waals surface area contributed by atoms with Gasteiger partial charge in [-0.3, -0.25) is 0 Å². The first-order valence-corrected chi connectivity index (χ1v) is 8.69. The monoisotopic (exact) mass is 289 g/mol. The molecule has 0 aliphatic carbocycles. The summed E-state index contributed by atoms with van der Waals surface area (Å²) in [5, 5.41) is 0. The van der Waals surface area contributed by atoms with Gasteiger partial charge in [0.25, 0.3) is 0 Å². The molecule has 0 bridgehead atoms. The molecule has 0 aromatic heterocycles. The Morgan fingerprint density at radius 2 is 1.37 bits per heavy atom. The Morgan fingerprint density at radius 1 is 0.842 bits per heavy atom. The quantitative estimate of drug-likeness (QED) is 0.541. The molecule has 1 heterocycles. The minimum absolute atomic E-state index is 0. The summed E-state index contributed by atoms with van der Waals surface area (Å²) in [5.74, 6) is 0. The number of rotatable bonds is 11. The lowest BCUT2D eigenvalue weighted by atomic mass is 10.1. The van der Waals surface area contributed by atoms with Crippen LogP contribution in [-0.2, 0) is 0 Å². The first kappa shape index (κ1) is 19.2. The smallest absolute Gasteiger partial charge is 0.0848 e. The maximum atomic E-state index is 2.43. The highest BCUT2D eigenvalue weighted by molar-refractivity contribution is 4.56. The molecule has 0 amide bonds. The summed E-state index contributed by atoms with van der Waals surface area (Å²) in [6.07, 6.45) is 17.6. The first-order valence-electron chi connectivity index (χ1n) is 8.69. The molecule has 1 saturated heterocycles. The van der Waals surface area contributed by atoms with E-state index in [1.54, 1.807) is 0 Å². The Labute approximate surface area is 127 Å². The molecule has 0 aromatic rings. The first-order chi connectivity index (χ1) is 8.84. The minimum atomic E-state index is 0. The van der Waals surface area contributed by atoms with E-state index >= 15 is 0 Å². The molecule has 1 fully saturated rings. The van der Waals surface area contributed by atoms with E-state index < -0.39 is 0 Å². The third kappa shape index (κ3) is 9.73. The number of quaternary nitrogens is 1. The molecule has 2 atom stereocenters. The average Bonchev–Trinajstić information content (AvgIpc) is 2.77. The normalized spacial score (nSPS) is 22.4. The largest absolute Gasteiger partial charge is 1.00 e. The molecule has 1 rings (SSSR count). The predicted octanol–water partition coefficient (Wildman–Crippen LogP) is 0.979. The second-order valence-electron chi connectivity index (χ2n) is 6.38. The molecule has 19 heavy (non-hydrogen) atoms. The van der Waals surface area contributed by atoms with Gasteiger partial charge < -0.3 is 17.3 Å². The number of nitrogens with one attached hydrogen (secondary N) is 1. The highest BCUT2D eigenvalue weighted by Gasteiger charge is 2.22. The predicted molar refractivity (Wildman–Crippen MR) is 81.2 cm³/mol. The van der Waals surface area contributed by atoms with Gasteiger partial charge in [0.1, 0.15) is 0 Å². The van der Waals surface area contributed by atoms with Crippen molar-refractivity contribution in [3.63, 3.8) is 0 Å². The zero-order chi connectivity index (χ0) is 13.1. The van der Waals surface area contributed by atoms with Gasteiger partial charge in [-0.25, -0.2) is 0 Å². The van der Waals surface area contributed by atoms with E-state index in [2.05, 4.69) is 13.8 Å². The fourth-order valence-corrected chi connectivity index (χ4v) is 3.30. The van der Waals surface area contributed by atoms with Crippen LogP contribution in [0.5, 0.6) is 0 Å². The fourth-order valence-electron chi connectivity index (χ4n) is 3.30. The number of hydrogen-bond donors (Lipinski definition) is 1. The molecule has 0 aromatic carbocycles. The maximum Gasteiger partial charge on any atom is 0.0848 e. The van der Waals surface area contributed by atoms with Gasteiger partial charge in [0, 0.05) is 12.8 Å². The lowest BCUT2D eigenvalue weighted by Crippen LogP contribution is -3.13. The Hall–Kier alpha value is 0.250. The molecular weight excluding hydrogens is 254 g/mol. The van der Waals surface area contributed by atoms with Crippen LogP contribution in [0.15, 0.2) is 0 Å². The van der Waals surface area contributed by atoms with Crippen LogP contribution in [0, 0.1) is 0 Å². The van der Waals surface area contributed by atoms with Crippen LogP contribution in [0.2, 0.25) is 0 Å². The summed E-state index contributed by atoms with van der Waals surface area (Å²) in [5.41, 5.74) is 0. The molecule has 1 aliphatic rings. The van der Waals surface area contributed by atoms with E-state index in [-0.39, 0.29) is 12.4 Å². The lowest BCUT2D eigenvalue weighted by Gasteiger charge is -2.17. The SMILES string of the molecule is CCCCCCCCCCCC[NH+]1CCCC1C.[Cl-]. The zero-order valence-electron chi connectivity index (χ0n) is 13.4. The topological polar surface area (TPSA) is 4.44 Å². The summed E-state index contributed by atoms with van der Waals surface area (Å²) in [6.45, 7) is 7.61. The van der Waals surface area contributed by atoms with E-state index in [0.717, 1.165) is 6.04 Å². The van der Waals surface area contributed by atoms with Crippen molar-refractivity contribution in [2.24, 2.45) is 0 Å². The van der Waals surface area contributed by atoms with E-state index in [4.69, 9.17) is 0 Å². The van der Waals surface area contributed by atoms with Crippen molar-refractivity contribution in [2.75, 3.05) is 13.1 Å². The Morgan fingerprint density at radius 3 is 1.84 bits per heavy atom. The van der Waals surface area contributed by atoms with Gasteiger partial charge in [0.05, 0.1) is 19.1 Å². The summed E-state index contributed by atoms with van der Waals surface area (Å²) >= 11 is 0. The van der Waals surface area contributed by atoms with Crippen LogP contribution in [0.3, 0.4) is 0 Å². The summed E-state index contributed by atoms with van der Waals surface area (Å²) in [7, 11) is 0. The number of hydrogen-bond acceptors (Lipinski definition) is 0. The van der Waals surface area contributed by atoms with Crippen molar-refractivity contribution >= 4 is 0 Å². The maximum absolute atomic E-state index is 2.43. The van der Waals surface area contributed by atoms with Crippen LogP contribution in [0.4, 0.5) is 0 Å². The van der Waals surface area contributed by atoms with Gasteiger partial charge in [0.15, 0.2) is 0 Å². The van der Waals surface area contributed by atoms with Gasteiger partial charge in [-0.2, -0.15) is 0 Å². The van der Waals surface area contributed by atoms with Crippen molar-refractivity contribution < 1.29 is 17.3 Å². The third-order valence-electron chi connectivity index (χ3n) is 4.68. The molecule has 1 nitrogen and oxygen atoms in total. The number of unbranched alkanes of at least 4 members (excludes halogenated alkanes) is 9. The van der Waals surface area contributed by atoms with Gasteiger partial charge in [-0.05, 0) is 19.8 Å². The summed E-state index contributed by atoms with van der Waals surface area (Å²) in [4.78, 5) is 1.88. The molecular formula is C17H36ClN. The fraction of sp³-hybridized carbons (Fsp3) is 1.00. The number of likely N-dealkylation sites (tertiary alicyclic amines) is 1. The van der Waals surface area contributed by atoms with Crippen LogP contribution in [-0.4, -0.2) is 19.1 Å². The minimum Gasteiger partial charge on any atom is -1.00 e. The van der Waals surface area contributed by atoms with Crippen LogP contribution < -0.4 is 17.3 Å². The second-order valence-corrected chi connectivity index (χ2v) is 6.38. The van der Waals surface area contributed by atoms with E-state index in [1.807, 2.05) is 4.90 Å². The zero-order valence-corrected chi connectivity index (χ0v) is 14.1. The van der Waals surface area contributed by atoms with Gasteiger partial charge >= 0.3 is 0 Å². The Bertz CT molecular complexity index is 184. The van der Waals surface area contributed by atoms with Crippen molar-refractivity contribution in [3.05, 3.63) is 0 Å². The molecule has 0 spiro atoms. The van der Waals surface area contributed by atoms with Gasteiger partial charge in [-0.15, -0.1) is 0 Å².